The minimum absolute atomic E-state index is 0.361. The Morgan fingerprint density at radius 1 is 0.714 bits per heavy atom. The van der Waals surface area contributed by atoms with Gasteiger partial charge in [0.25, 0.3) is 0 Å². The number of nitrogen functional groups attached to an aromatic ring is 2. The number of nitrogens with zero attached hydrogens (tertiary/aromatic N) is 3. The Labute approximate surface area is 164 Å². The summed E-state index contributed by atoms with van der Waals surface area (Å²) in [5, 5.41) is 6.51. The summed E-state index contributed by atoms with van der Waals surface area (Å²) in [5.74, 6) is 2.20. The molecule has 0 spiro atoms. The van der Waals surface area contributed by atoms with E-state index in [0.717, 1.165) is 30.0 Å². The molecule has 0 radical (unpaired) electrons. The van der Waals surface area contributed by atoms with Crippen molar-refractivity contribution < 1.29 is 0 Å². The van der Waals surface area contributed by atoms with Crippen molar-refractivity contribution in [2.24, 2.45) is 0 Å². The van der Waals surface area contributed by atoms with Crippen molar-refractivity contribution in [1.29, 1.82) is 0 Å². The van der Waals surface area contributed by atoms with E-state index in [0.29, 0.717) is 29.2 Å². The predicted octanol–water partition coefficient (Wildman–Crippen LogP) is 4.57. The minimum atomic E-state index is 0.361. The van der Waals surface area contributed by atoms with Crippen molar-refractivity contribution in [3.05, 3.63) is 54.4 Å². The molecule has 1 aliphatic carbocycles. The average molecular weight is 375 g/mol. The highest BCUT2D eigenvalue weighted by molar-refractivity contribution is 5.62. The van der Waals surface area contributed by atoms with E-state index in [1.54, 1.807) is 0 Å². The summed E-state index contributed by atoms with van der Waals surface area (Å²) in [4.78, 5) is 14.0. The lowest BCUT2D eigenvalue weighted by Gasteiger charge is -2.21. The van der Waals surface area contributed by atoms with Crippen LogP contribution in [0.3, 0.4) is 0 Å². The van der Waals surface area contributed by atoms with Crippen LogP contribution in [0, 0.1) is 0 Å². The molecule has 28 heavy (non-hydrogen) atoms. The van der Waals surface area contributed by atoms with Crippen LogP contribution in [0.25, 0.3) is 0 Å². The van der Waals surface area contributed by atoms with Gasteiger partial charge in [-0.15, -0.1) is 0 Å². The fourth-order valence-corrected chi connectivity index (χ4v) is 3.54. The van der Waals surface area contributed by atoms with Gasteiger partial charge in [-0.3, -0.25) is 0 Å². The molecular weight excluding hydrogens is 350 g/mol. The number of nitrogens with one attached hydrogen (secondary N) is 2. The lowest BCUT2D eigenvalue weighted by atomic mass is 9.89. The molecule has 0 unspecified atom stereocenters. The molecule has 1 fully saturated rings. The fraction of sp³-hybridized carbons (Fsp3) is 0.286. The Bertz CT molecular complexity index is 885. The van der Waals surface area contributed by atoms with Crippen LogP contribution in [0.5, 0.6) is 0 Å². The molecule has 0 bridgehead atoms. The average Bonchev–Trinajstić information content (AvgIpc) is 2.68. The zero-order valence-electron chi connectivity index (χ0n) is 15.7. The van der Waals surface area contributed by atoms with Crippen LogP contribution in [-0.2, 0) is 0 Å². The molecule has 144 valence electrons. The quantitative estimate of drug-likeness (QED) is 0.483. The predicted molar refractivity (Wildman–Crippen MR) is 114 cm³/mol. The Morgan fingerprint density at radius 3 is 1.75 bits per heavy atom. The molecule has 0 amide bonds. The second-order valence-corrected chi connectivity index (χ2v) is 7.18. The topological polar surface area (TPSA) is 115 Å². The van der Waals surface area contributed by atoms with Crippen molar-refractivity contribution >= 4 is 34.6 Å². The van der Waals surface area contributed by atoms with Crippen molar-refractivity contribution in [2.75, 3.05) is 22.1 Å². The number of hydrogen-bond donors (Lipinski definition) is 4. The molecule has 3 aromatic rings. The van der Waals surface area contributed by atoms with Gasteiger partial charge in [0.2, 0.25) is 11.9 Å². The summed E-state index contributed by atoms with van der Waals surface area (Å²) < 4.78 is 0. The van der Waals surface area contributed by atoms with Crippen LogP contribution < -0.4 is 22.1 Å². The summed E-state index contributed by atoms with van der Waals surface area (Å²) in [6.45, 7) is 0. The van der Waals surface area contributed by atoms with Crippen LogP contribution in [-0.4, -0.2) is 15.0 Å². The fourth-order valence-electron chi connectivity index (χ4n) is 3.54. The Hall–Kier alpha value is -3.35. The third kappa shape index (κ3) is 4.49. The molecule has 4 rings (SSSR count). The lowest BCUT2D eigenvalue weighted by molar-refractivity contribution is 0.428. The molecule has 7 heteroatoms. The van der Waals surface area contributed by atoms with Crippen LogP contribution in [0.4, 0.5) is 34.6 Å². The minimum Gasteiger partial charge on any atom is -0.399 e. The molecule has 1 aromatic heterocycles. The highest BCUT2D eigenvalue weighted by atomic mass is 15.2. The third-order valence-corrected chi connectivity index (χ3v) is 4.91. The van der Waals surface area contributed by atoms with Crippen molar-refractivity contribution in [3.8, 4) is 0 Å². The first-order chi connectivity index (χ1) is 13.7. The van der Waals surface area contributed by atoms with Gasteiger partial charge in [0.05, 0.1) is 0 Å². The number of nitrogens with two attached hydrogens (primary N) is 2. The van der Waals surface area contributed by atoms with E-state index < -0.39 is 0 Å². The first-order valence-corrected chi connectivity index (χ1v) is 9.67. The van der Waals surface area contributed by atoms with Gasteiger partial charge in [-0.05, 0) is 49.2 Å². The highest BCUT2D eigenvalue weighted by Gasteiger charge is 2.20. The first kappa shape index (κ1) is 18.0. The molecule has 7 nitrogen and oxygen atoms in total. The molecule has 0 aliphatic heterocycles. The maximum Gasteiger partial charge on any atom is 0.232 e. The van der Waals surface area contributed by atoms with E-state index in [2.05, 4.69) is 15.6 Å². The number of rotatable bonds is 5. The van der Waals surface area contributed by atoms with Crippen molar-refractivity contribution in [3.63, 3.8) is 0 Å². The molecule has 1 aliphatic rings. The maximum atomic E-state index is 5.89. The lowest BCUT2D eigenvalue weighted by Crippen LogP contribution is -2.13. The van der Waals surface area contributed by atoms with E-state index in [4.69, 9.17) is 21.4 Å². The van der Waals surface area contributed by atoms with Crippen LogP contribution >= 0.6 is 0 Å². The van der Waals surface area contributed by atoms with E-state index in [1.807, 2.05) is 48.5 Å². The van der Waals surface area contributed by atoms with Gasteiger partial charge >= 0.3 is 0 Å². The molecule has 6 N–H and O–H groups in total. The van der Waals surface area contributed by atoms with Gasteiger partial charge in [-0.25, -0.2) is 0 Å². The van der Waals surface area contributed by atoms with Gasteiger partial charge in [0.15, 0.2) is 0 Å². The third-order valence-electron chi connectivity index (χ3n) is 4.91. The number of benzene rings is 2. The molecule has 2 aromatic carbocycles. The number of anilines is 6. The smallest absolute Gasteiger partial charge is 0.232 e. The van der Waals surface area contributed by atoms with Crippen LogP contribution in [0.15, 0.2) is 48.5 Å². The largest absolute Gasteiger partial charge is 0.399 e. The van der Waals surface area contributed by atoms with Crippen molar-refractivity contribution in [1.82, 2.24) is 15.0 Å². The monoisotopic (exact) mass is 375 g/mol. The number of aromatic nitrogens is 3. The zero-order valence-corrected chi connectivity index (χ0v) is 15.7. The van der Waals surface area contributed by atoms with Gasteiger partial charge in [0, 0.05) is 28.7 Å². The van der Waals surface area contributed by atoms with Crippen LogP contribution in [0.1, 0.15) is 43.8 Å². The van der Waals surface area contributed by atoms with Gasteiger partial charge in [-0.1, -0.05) is 31.4 Å². The molecule has 0 atom stereocenters. The second kappa shape index (κ2) is 8.12. The summed E-state index contributed by atoms with van der Waals surface area (Å²) in [6, 6.07) is 15.1. The molecule has 1 heterocycles. The van der Waals surface area contributed by atoms with Gasteiger partial charge in [0.1, 0.15) is 5.82 Å². The van der Waals surface area contributed by atoms with E-state index >= 15 is 0 Å². The standard InChI is InChI=1S/C21H25N7/c22-15-8-4-10-17(12-15)24-20-26-19(14-6-2-1-3-7-14)27-21(28-20)25-18-11-5-9-16(23)13-18/h4-5,8-14H,1-3,6-7,22-23H2,(H2,24,25,26,27,28). The first-order valence-electron chi connectivity index (χ1n) is 9.67. The highest BCUT2D eigenvalue weighted by Crippen LogP contribution is 2.32. The Morgan fingerprint density at radius 2 is 1.25 bits per heavy atom. The van der Waals surface area contributed by atoms with E-state index in [-0.39, 0.29) is 0 Å². The van der Waals surface area contributed by atoms with Gasteiger partial charge in [-0.2, -0.15) is 15.0 Å². The molecule has 0 saturated heterocycles. The summed E-state index contributed by atoms with van der Waals surface area (Å²) in [6.07, 6.45) is 5.93. The Kier molecular flexibility index (Phi) is 5.23. The van der Waals surface area contributed by atoms with Crippen molar-refractivity contribution in [2.45, 2.75) is 38.0 Å². The maximum absolute atomic E-state index is 5.89. The Balaban J connectivity index is 1.65. The van der Waals surface area contributed by atoms with E-state index in [9.17, 15) is 0 Å². The van der Waals surface area contributed by atoms with Gasteiger partial charge < -0.3 is 22.1 Å². The zero-order chi connectivity index (χ0) is 19.3. The van der Waals surface area contributed by atoms with Crippen LogP contribution in [0.2, 0.25) is 0 Å². The summed E-state index contributed by atoms with van der Waals surface area (Å²) in [5.41, 5.74) is 14.8. The molecule has 1 saturated carbocycles. The SMILES string of the molecule is Nc1cccc(Nc2nc(Nc3cccc(N)c3)nc(C3CCCCC3)n2)c1. The van der Waals surface area contributed by atoms with E-state index in [1.165, 1.54) is 19.3 Å². The summed E-state index contributed by atoms with van der Waals surface area (Å²) in [7, 11) is 0. The number of hydrogen-bond acceptors (Lipinski definition) is 7. The molecular formula is C21H25N7. The summed E-state index contributed by atoms with van der Waals surface area (Å²) >= 11 is 0. The second-order valence-electron chi connectivity index (χ2n) is 7.18. The normalized spacial score (nSPS) is 14.6.